The molecule has 1 aliphatic rings. The molecule has 1 N–H and O–H groups in total. The molecule has 1 heterocycles. The van der Waals surface area contributed by atoms with Crippen LogP contribution >= 0.6 is 11.6 Å². The Kier molecular flexibility index (Phi) is 4.82. The van der Waals surface area contributed by atoms with Gasteiger partial charge in [-0.2, -0.15) is 0 Å². The van der Waals surface area contributed by atoms with Gasteiger partial charge in [0.2, 0.25) is 0 Å². The minimum atomic E-state index is -0.366. The smallest absolute Gasteiger partial charge is 0.141 e. The van der Waals surface area contributed by atoms with E-state index < -0.39 is 0 Å². The minimum Gasteiger partial charge on any atom is -0.375 e. The highest BCUT2D eigenvalue weighted by molar-refractivity contribution is 6.30. The number of halogens is 2. The Morgan fingerprint density at radius 1 is 1.53 bits per heavy atom. The van der Waals surface area contributed by atoms with Crippen molar-refractivity contribution >= 4 is 11.6 Å². The number of rotatable bonds is 4. The highest BCUT2D eigenvalue weighted by Crippen LogP contribution is 2.28. The molecule has 0 aliphatic carbocycles. The van der Waals surface area contributed by atoms with Gasteiger partial charge < -0.3 is 10.1 Å². The van der Waals surface area contributed by atoms with Crippen molar-refractivity contribution in [1.29, 1.82) is 0 Å². The summed E-state index contributed by atoms with van der Waals surface area (Å²) in [6.45, 7) is 5.83. The molecule has 2 atom stereocenters. The topological polar surface area (TPSA) is 21.3 Å². The minimum absolute atomic E-state index is 0.0175. The second kappa shape index (κ2) is 6.21. The van der Waals surface area contributed by atoms with Crippen LogP contribution in [0.15, 0.2) is 18.2 Å². The van der Waals surface area contributed by atoms with Gasteiger partial charge in [0.1, 0.15) is 5.82 Å². The molecule has 0 radical (unpaired) electrons. The second-order valence-electron chi connectivity index (χ2n) is 5.47. The molecule has 0 bridgehead atoms. The molecule has 1 fully saturated rings. The summed E-state index contributed by atoms with van der Waals surface area (Å²) in [4.78, 5) is 0. The fraction of sp³-hybridized carbons (Fsp3) is 0.600. The molecule has 19 heavy (non-hydrogen) atoms. The van der Waals surface area contributed by atoms with Crippen molar-refractivity contribution in [3.8, 4) is 0 Å². The van der Waals surface area contributed by atoms with E-state index in [-0.39, 0.29) is 16.4 Å². The fourth-order valence-corrected chi connectivity index (χ4v) is 2.67. The number of ether oxygens (including phenoxy) is 1. The lowest BCUT2D eigenvalue weighted by Crippen LogP contribution is -2.44. The van der Waals surface area contributed by atoms with Crippen molar-refractivity contribution < 1.29 is 9.13 Å². The predicted molar refractivity (Wildman–Crippen MR) is 75.9 cm³/mol. The zero-order valence-corrected chi connectivity index (χ0v) is 12.3. The first-order chi connectivity index (χ1) is 9.02. The predicted octanol–water partition coefficient (Wildman–Crippen LogP) is 3.92. The van der Waals surface area contributed by atoms with Gasteiger partial charge in [-0.15, -0.1) is 0 Å². The molecule has 0 spiro atoms. The summed E-state index contributed by atoms with van der Waals surface area (Å²) < 4.78 is 18.9. The summed E-state index contributed by atoms with van der Waals surface area (Å²) in [5.74, 6) is -0.366. The van der Waals surface area contributed by atoms with Crippen LogP contribution in [0.5, 0.6) is 0 Å². The molecule has 106 valence electrons. The number of nitrogens with one attached hydrogen (secondary N) is 1. The summed E-state index contributed by atoms with van der Waals surface area (Å²) in [5.41, 5.74) is 0.993. The Hall–Kier alpha value is -0.640. The van der Waals surface area contributed by atoms with Gasteiger partial charge in [-0.1, -0.05) is 24.6 Å². The fourth-order valence-electron chi connectivity index (χ4n) is 2.46. The molecule has 1 saturated heterocycles. The van der Waals surface area contributed by atoms with E-state index in [2.05, 4.69) is 19.2 Å². The van der Waals surface area contributed by atoms with Crippen molar-refractivity contribution in [2.45, 2.75) is 51.3 Å². The monoisotopic (exact) mass is 285 g/mol. The molecule has 4 heteroatoms. The van der Waals surface area contributed by atoms with Gasteiger partial charge in [0.25, 0.3) is 0 Å². The van der Waals surface area contributed by atoms with Gasteiger partial charge in [0.15, 0.2) is 0 Å². The van der Waals surface area contributed by atoms with Crippen LogP contribution in [0.3, 0.4) is 0 Å². The first-order valence-electron chi connectivity index (χ1n) is 6.84. The quantitative estimate of drug-likeness (QED) is 0.905. The van der Waals surface area contributed by atoms with Gasteiger partial charge in [0, 0.05) is 19.2 Å². The Bertz CT molecular complexity index is 440. The van der Waals surface area contributed by atoms with Crippen molar-refractivity contribution in [2.24, 2.45) is 0 Å². The van der Waals surface area contributed by atoms with Crippen molar-refractivity contribution in [3.63, 3.8) is 0 Å². The lowest BCUT2D eigenvalue weighted by Gasteiger charge is -2.38. The Morgan fingerprint density at radius 2 is 2.32 bits per heavy atom. The second-order valence-corrected chi connectivity index (χ2v) is 5.88. The third kappa shape index (κ3) is 3.91. The van der Waals surface area contributed by atoms with Crippen LogP contribution < -0.4 is 5.32 Å². The Balaban J connectivity index is 1.89. The first-order valence-corrected chi connectivity index (χ1v) is 7.21. The molecule has 2 unspecified atom stereocenters. The van der Waals surface area contributed by atoms with E-state index in [9.17, 15) is 4.39 Å². The average Bonchev–Trinajstić information content (AvgIpc) is 2.40. The highest BCUT2D eigenvalue weighted by Gasteiger charge is 2.31. The molecule has 2 rings (SSSR count). The molecule has 1 aromatic rings. The van der Waals surface area contributed by atoms with Crippen LogP contribution in [0.25, 0.3) is 0 Å². The van der Waals surface area contributed by atoms with Gasteiger partial charge in [-0.05, 0) is 43.9 Å². The zero-order chi connectivity index (χ0) is 13.9. The van der Waals surface area contributed by atoms with Gasteiger partial charge in [-0.25, -0.2) is 4.39 Å². The van der Waals surface area contributed by atoms with Gasteiger partial charge >= 0.3 is 0 Å². The summed E-state index contributed by atoms with van der Waals surface area (Å²) >= 11 is 5.78. The van der Waals surface area contributed by atoms with E-state index in [1.807, 2.05) is 0 Å². The Morgan fingerprint density at radius 3 is 3.00 bits per heavy atom. The molecule has 0 aromatic heterocycles. The largest absolute Gasteiger partial charge is 0.375 e. The lowest BCUT2D eigenvalue weighted by atomic mass is 9.90. The normalized spacial score (nSPS) is 27.5. The van der Waals surface area contributed by atoms with Crippen LogP contribution in [0.1, 0.15) is 38.7 Å². The van der Waals surface area contributed by atoms with E-state index in [0.29, 0.717) is 12.6 Å². The maximum atomic E-state index is 13.1. The number of hydrogen-bond acceptors (Lipinski definition) is 2. The number of benzene rings is 1. The molecular formula is C15H21ClFNO. The molecule has 1 aromatic carbocycles. The van der Waals surface area contributed by atoms with Crippen molar-refractivity contribution in [2.75, 3.05) is 6.61 Å². The Labute approximate surface area is 119 Å². The average molecular weight is 286 g/mol. The van der Waals surface area contributed by atoms with Gasteiger partial charge in [0.05, 0.1) is 10.6 Å². The van der Waals surface area contributed by atoms with Crippen molar-refractivity contribution in [3.05, 3.63) is 34.6 Å². The summed E-state index contributed by atoms with van der Waals surface area (Å²) in [6.07, 6.45) is 3.05. The first kappa shape index (κ1) is 14.8. The highest BCUT2D eigenvalue weighted by atomic mass is 35.5. The van der Waals surface area contributed by atoms with Crippen LogP contribution in [-0.2, 0) is 11.3 Å². The van der Waals surface area contributed by atoms with E-state index in [1.54, 1.807) is 12.1 Å². The summed E-state index contributed by atoms with van der Waals surface area (Å²) in [6, 6.07) is 5.32. The maximum Gasteiger partial charge on any atom is 0.141 e. The lowest BCUT2D eigenvalue weighted by molar-refractivity contribution is -0.0781. The third-order valence-corrected chi connectivity index (χ3v) is 4.21. The van der Waals surface area contributed by atoms with Crippen LogP contribution in [0, 0.1) is 5.82 Å². The van der Waals surface area contributed by atoms with E-state index in [4.69, 9.17) is 16.3 Å². The van der Waals surface area contributed by atoms with Crippen molar-refractivity contribution in [1.82, 2.24) is 5.32 Å². The van der Waals surface area contributed by atoms with Gasteiger partial charge in [-0.3, -0.25) is 0 Å². The molecule has 1 aliphatic heterocycles. The van der Waals surface area contributed by atoms with E-state index >= 15 is 0 Å². The summed E-state index contributed by atoms with van der Waals surface area (Å²) in [5, 5.41) is 3.70. The van der Waals surface area contributed by atoms with Crippen LogP contribution in [0.2, 0.25) is 5.02 Å². The van der Waals surface area contributed by atoms with E-state index in [1.165, 1.54) is 6.07 Å². The molecule has 0 saturated carbocycles. The molecule has 0 amide bonds. The zero-order valence-electron chi connectivity index (χ0n) is 11.5. The SMILES string of the molecule is CCC1(C)CC(NCc2ccc(F)c(Cl)c2)CCO1. The maximum absolute atomic E-state index is 13.1. The molecular weight excluding hydrogens is 265 g/mol. The third-order valence-electron chi connectivity index (χ3n) is 3.92. The standard InChI is InChI=1S/C15H21ClFNO/c1-3-15(2)9-12(6-7-19-15)18-10-11-4-5-14(17)13(16)8-11/h4-5,8,12,18H,3,6-7,9-10H2,1-2H3. The van der Waals surface area contributed by atoms with Crippen LogP contribution in [0.4, 0.5) is 4.39 Å². The summed E-state index contributed by atoms with van der Waals surface area (Å²) in [7, 11) is 0. The van der Waals surface area contributed by atoms with Crippen LogP contribution in [-0.4, -0.2) is 18.2 Å². The number of hydrogen-bond donors (Lipinski definition) is 1. The van der Waals surface area contributed by atoms with E-state index in [0.717, 1.165) is 31.4 Å². The molecule has 2 nitrogen and oxygen atoms in total.